The van der Waals surface area contributed by atoms with Crippen LogP contribution in [-0.2, 0) is 17.1 Å². The molecule has 13 heteroatoms. The topological polar surface area (TPSA) is 124 Å². The van der Waals surface area contributed by atoms with E-state index in [0.29, 0.717) is 47.0 Å². The molecule has 4 heterocycles. The molecule has 1 saturated heterocycles. The van der Waals surface area contributed by atoms with E-state index in [1.54, 1.807) is 37.0 Å². The van der Waals surface area contributed by atoms with E-state index in [1.807, 2.05) is 19.9 Å². The van der Waals surface area contributed by atoms with Gasteiger partial charge in [-0.25, -0.2) is 32.8 Å². The van der Waals surface area contributed by atoms with E-state index < -0.39 is 26.0 Å². The zero-order valence-electron chi connectivity index (χ0n) is 27.8. The summed E-state index contributed by atoms with van der Waals surface area (Å²) in [7, 11) is -3.15. The first-order valence-corrected chi connectivity index (χ1v) is 19.6. The van der Waals surface area contributed by atoms with Gasteiger partial charge < -0.3 is 9.64 Å². The van der Waals surface area contributed by atoms with Crippen molar-refractivity contribution >= 4 is 31.8 Å². The molecule has 3 aromatic rings. The number of carbonyl (C=O) groups is 1. The van der Waals surface area contributed by atoms with Gasteiger partial charge in [0.15, 0.2) is 5.82 Å². The Balaban J connectivity index is 0.00000180. The van der Waals surface area contributed by atoms with Crippen LogP contribution in [0, 0.1) is 12.8 Å². The van der Waals surface area contributed by atoms with Crippen molar-refractivity contribution in [3.8, 4) is 11.7 Å². The first-order valence-electron chi connectivity index (χ1n) is 15.2. The summed E-state index contributed by atoms with van der Waals surface area (Å²) in [5, 5.41) is 8.71. The quantitative estimate of drug-likeness (QED) is 0.313. The second-order valence-electron chi connectivity index (χ2n) is 13.2. The molecule has 1 aliphatic heterocycles. The van der Waals surface area contributed by atoms with Crippen LogP contribution < -0.4 is 14.4 Å². The first-order chi connectivity index (χ1) is 20.5. The maximum atomic E-state index is 13.5. The normalized spacial score (nSPS) is 19.2. The van der Waals surface area contributed by atoms with Gasteiger partial charge in [0.25, 0.3) is 15.9 Å². The highest BCUT2D eigenvalue weighted by Gasteiger charge is 2.49. The van der Waals surface area contributed by atoms with Gasteiger partial charge in [0.1, 0.15) is 10.7 Å². The van der Waals surface area contributed by atoms with Gasteiger partial charge in [0.2, 0.25) is 5.88 Å². The van der Waals surface area contributed by atoms with Crippen LogP contribution in [0.1, 0.15) is 77.8 Å². The standard InChI is InChI=1S/C29H43N7O4S2.C2H6.H2/c1-20-17-28(3,4)35(18-20)26-22(27(37)33-42(38,39)23-19-34(5)31-21(23)2)9-10-24(30-26)36-15-11-25(32-36)40-16-14-29(12-13-29)41(6,7)8;1-2;/h9-11,15,19-20H,12-14,16-18H2,1-8H3,(H,33,37);1-2H3;1H/t20-;;/m0../s1. The number of sulfonamides is 1. The van der Waals surface area contributed by atoms with Crippen LogP contribution in [0.2, 0.25) is 0 Å². The summed E-state index contributed by atoms with van der Waals surface area (Å²) in [6.45, 7) is 13.3. The van der Waals surface area contributed by atoms with Gasteiger partial charge in [-0.1, -0.05) is 20.8 Å². The Hall–Kier alpha value is -3.06. The number of aryl methyl sites for hydroxylation is 2. The van der Waals surface area contributed by atoms with Crippen molar-refractivity contribution < 1.29 is 19.4 Å². The number of hydrogen-bond acceptors (Lipinski definition) is 8. The van der Waals surface area contributed by atoms with Crippen molar-refractivity contribution in [3.05, 3.63) is 41.9 Å². The second kappa shape index (κ2) is 12.4. The molecule has 2 aliphatic rings. The smallest absolute Gasteiger partial charge is 0.268 e. The van der Waals surface area contributed by atoms with Crippen molar-refractivity contribution in [2.75, 3.05) is 36.8 Å². The van der Waals surface area contributed by atoms with Crippen molar-refractivity contribution in [1.82, 2.24) is 29.3 Å². The van der Waals surface area contributed by atoms with Gasteiger partial charge in [-0.2, -0.15) is 5.10 Å². The van der Waals surface area contributed by atoms with Gasteiger partial charge in [-0.15, -0.1) is 5.10 Å². The molecule has 2 fully saturated rings. The Morgan fingerprint density at radius 1 is 1.14 bits per heavy atom. The van der Waals surface area contributed by atoms with E-state index >= 15 is 0 Å². The summed E-state index contributed by atoms with van der Waals surface area (Å²) in [5.74, 6) is 1.07. The fourth-order valence-electron chi connectivity index (χ4n) is 6.14. The van der Waals surface area contributed by atoms with Crippen LogP contribution in [0.4, 0.5) is 5.82 Å². The van der Waals surface area contributed by atoms with Crippen LogP contribution in [0.25, 0.3) is 5.82 Å². The molecule has 1 aliphatic carbocycles. The summed E-state index contributed by atoms with van der Waals surface area (Å²) >= 11 is 0. The van der Waals surface area contributed by atoms with Crippen LogP contribution in [-0.4, -0.2) is 81.1 Å². The van der Waals surface area contributed by atoms with Gasteiger partial charge in [-0.05, 0) is 83.3 Å². The summed E-state index contributed by atoms with van der Waals surface area (Å²) in [6.07, 6.45) is 14.8. The Morgan fingerprint density at radius 3 is 2.36 bits per heavy atom. The monoisotopic (exact) mass is 649 g/mol. The van der Waals surface area contributed by atoms with Crippen molar-refractivity contribution in [1.29, 1.82) is 0 Å². The molecule has 44 heavy (non-hydrogen) atoms. The van der Waals surface area contributed by atoms with Crippen molar-refractivity contribution in [2.45, 2.75) is 82.4 Å². The minimum atomic E-state index is -4.14. The molecule has 0 spiro atoms. The third-order valence-electron chi connectivity index (χ3n) is 8.63. The van der Waals surface area contributed by atoms with Crippen LogP contribution in [0.5, 0.6) is 5.88 Å². The highest BCUT2D eigenvalue weighted by atomic mass is 32.3. The fraction of sp³-hybridized carbons (Fsp3) is 0.613. The minimum absolute atomic E-state index is 0. The molecule has 1 atom stereocenters. The number of anilines is 1. The number of ether oxygens (including phenoxy) is 1. The predicted octanol–water partition coefficient (Wildman–Crippen LogP) is 5.32. The highest BCUT2D eigenvalue weighted by molar-refractivity contribution is 8.33. The predicted molar refractivity (Wildman–Crippen MR) is 180 cm³/mol. The second-order valence-corrected chi connectivity index (χ2v) is 19.4. The fourth-order valence-corrected chi connectivity index (χ4v) is 9.35. The van der Waals surface area contributed by atoms with E-state index in [-0.39, 0.29) is 17.4 Å². The molecule has 1 N–H and O–H groups in total. The van der Waals surface area contributed by atoms with Gasteiger partial charge in [0.05, 0.1) is 17.9 Å². The van der Waals surface area contributed by atoms with Crippen molar-refractivity contribution in [3.63, 3.8) is 0 Å². The SMILES string of the molecule is CC.Cc1nn(C)cc1S(=O)(=O)NC(=O)c1ccc(-n2ccc(OCCC3(S(C)(C)C)CC3)n2)nc1N1C[C@@H](C)CC1(C)C.[HH]. The first kappa shape index (κ1) is 33.8. The molecule has 1 amide bonds. The number of rotatable bonds is 10. The maximum Gasteiger partial charge on any atom is 0.268 e. The number of nitrogens with zero attached hydrogens (tertiary/aromatic N) is 6. The summed E-state index contributed by atoms with van der Waals surface area (Å²) in [4.78, 5) is 20.4. The zero-order chi connectivity index (χ0) is 32.7. The Morgan fingerprint density at radius 2 is 1.82 bits per heavy atom. The molecule has 246 valence electrons. The Labute approximate surface area is 265 Å². The third-order valence-corrected chi connectivity index (χ3v) is 13.3. The molecule has 0 aromatic carbocycles. The van der Waals surface area contributed by atoms with Crippen LogP contribution >= 0.6 is 10.0 Å². The molecule has 0 radical (unpaired) electrons. The maximum absolute atomic E-state index is 13.5. The third kappa shape index (κ3) is 6.93. The number of hydrogen-bond donors (Lipinski definition) is 1. The lowest BCUT2D eigenvalue weighted by Crippen LogP contribution is -2.41. The van der Waals surface area contributed by atoms with E-state index in [0.717, 1.165) is 12.8 Å². The summed E-state index contributed by atoms with van der Waals surface area (Å²) in [6, 6.07) is 5.10. The Bertz CT molecular complexity index is 1610. The molecule has 5 rings (SSSR count). The summed E-state index contributed by atoms with van der Waals surface area (Å²) in [5.41, 5.74) is 0.198. The lowest BCUT2D eigenvalue weighted by molar-refractivity contribution is 0.0981. The van der Waals surface area contributed by atoms with E-state index in [9.17, 15) is 13.2 Å². The largest absolute Gasteiger partial charge is 0.477 e. The van der Waals surface area contributed by atoms with Crippen LogP contribution in [0.3, 0.4) is 0 Å². The van der Waals surface area contributed by atoms with E-state index in [1.165, 1.54) is 23.7 Å². The molecular formula is C31H51N7O4S2. The molecule has 0 unspecified atom stereocenters. The van der Waals surface area contributed by atoms with E-state index in [2.05, 4.69) is 59.4 Å². The van der Waals surface area contributed by atoms with Gasteiger partial charge in [-0.3, -0.25) is 9.48 Å². The molecule has 0 bridgehead atoms. The average molecular weight is 650 g/mol. The lowest BCUT2D eigenvalue weighted by Gasteiger charge is -2.36. The molecule has 1 saturated carbocycles. The summed E-state index contributed by atoms with van der Waals surface area (Å²) < 4.78 is 37.9. The number of nitrogens with one attached hydrogen (secondary N) is 1. The number of aromatic nitrogens is 5. The molecular weight excluding hydrogens is 599 g/mol. The number of pyridine rings is 1. The Kier molecular flexibility index (Phi) is 9.52. The molecule has 11 nitrogen and oxygen atoms in total. The number of amides is 1. The van der Waals surface area contributed by atoms with E-state index in [4.69, 9.17) is 9.72 Å². The highest BCUT2D eigenvalue weighted by Crippen LogP contribution is 2.66. The van der Waals surface area contributed by atoms with Crippen LogP contribution in [0.15, 0.2) is 35.5 Å². The number of carbonyl (C=O) groups excluding carboxylic acids is 1. The van der Waals surface area contributed by atoms with Gasteiger partial charge in [0, 0.05) is 43.8 Å². The zero-order valence-corrected chi connectivity index (χ0v) is 29.5. The lowest BCUT2D eigenvalue weighted by atomic mass is 9.97. The van der Waals surface area contributed by atoms with Crippen molar-refractivity contribution in [2.24, 2.45) is 13.0 Å². The average Bonchev–Trinajstić information content (AvgIpc) is 3.31. The minimum Gasteiger partial charge on any atom is -0.477 e. The molecule has 3 aromatic heterocycles. The van der Waals surface area contributed by atoms with Gasteiger partial charge >= 0.3 is 0 Å².